The van der Waals surface area contributed by atoms with E-state index in [1.54, 1.807) is 53.7 Å². The number of carbonyl (C=O) groups excluding carboxylic acids is 5. The Balaban J connectivity index is 1.44. The summed E-state index contributed by atoms with van der Waals surface area (Å²) in [5.74, 6) is -7.91. The quantitative estimate of drug-likeness (QED) is 0.0633. The maximum Gasteiger partial charge on any atom is 0.407 e. The molecule has 9 atom stereocenters. The van der Waals surface area contributed by atoms with Gasteiger partial charge in [-0.1, -0.05) is 73.1 Å². The average molecular weight is 1050 g/mol. The molecule has 2 aromatic rings. The van der Waals surface area contributed by atoms with Crippen molar-refractivity contribution in [2.24, 2.45) is 39.6 Å². The number of carbonyl (C=O) groups is 5. The van der Waals surface area contributed by atoms with E-state index in [1.807, 2.05) is 6.92 Å². The van der Waals surface area contributed by atoms with E-state index in [0.717, 1.165) is 19.4 Å². The van der Waals surface area contributed by atoms with E-state index in [2.05, 4.69) is 39.7 Å². The van der Waals surface area contributed by atoms with E-state index in [4.69, 9.17) is 33.4 Å². The lowest BCUT2D eigenvalue weighted by molar-refractivity contribution is -0.165. The predicted octanol–water partition coefficient (Wildman–Crippen LogP) is 5.42. The third kappa shape index (κ3) is 13.0. The number of hydrogen-bond donors (Lipinski definition) is 6. The average Bonchev–Trinajstić information content (AvgIpc) is 3.87. The number of ether oxygens (including phenoxy) is 6. The molecular formula is C55H78N6O14. The number of piperidine rings is 1. The highest BCUT2D eigenvalue weighted by Gasteiger charge is 2.51. The largest absolute Gasteiger partial charge is 0.507 e. The molecule has 0 saturated carbocycles. The van der Waals surface area contributed by atoms with Crippen LogP contribution in [0.3, 0.4) is 0 Å². The van der Waals surface area contributed by atoms with Crippen molar-refractivity contribution in [3.8, 4) is 17.2 Å². The summed E-state index contributed by atoms with van der Waals surface area (Å²) in [4.78, 5) is 79.3. The Bertz CT molecular complexity index is 2700. The van der Waals surface area contributed by atoms with Crippen LogP contribution in [0.15, 0.2) is 46.1 Å². The molecule has 20 nitrogen and oxygen atoms in total. The van der Waals surface area contributed by atoms with Gasteiger partial charge in [0.25, 0.3) is 11.7 Å². The molecule has 6 N–H and O–H groups in total. The highest BCUT2D eigenvalue weighted by molar-refractivity contribution is 6.21. The number of phenols is 2. The Kier molecular flexibility index (Phi) is 19.2. The van der Waals surface area contributed by atoms with Crippen molar-refractivity contribution in [2.45, 2.75) is 138 Å². The van der Waals surface area contributed by atoms with E-state index in [-0.39, 0.29) is 63.6 Å². The number of anilines is 1. The minimum Gasteiger partial charge on any atom is -0.507 e. The van der Waals surface area contributed by atoms with Gasteiger partial charge in [0.1, 0.15) is 40.1 Å². The summed E-state index contributed by atoms with van der Waals surface area (Å²) in [6.45, 7) is 21.8. The van der Waals surface area contributed by atoms with Crippen LogP contribution in [-0.4, -0.2) is 139 Å². The molecule has 20 heteroatoms. The van der Waals surface area contributed by atoms with Crippen LogP contribution in [0, 0.1) is 36.5 Å². The van der Waals surface area contributed by atoms with Gasteiger partial charge in [-0.05, 0) is 32.3 Å². The smallest absolute Gasteiger partial charge is 0.407 e. The van der Waals surface area contributed by atoms with Gasteiger partial charge in [-0.3, -0.25) is 24.2 Å². The van der Waals surface area contributed by atoms with Crippen LogP contribution in [0.2, 0.25) is 0 Å². The molecule has 2 aromatic carbocycles. The van der Waals surface area contributed by atoms with Crippen LogP contribution in [0.5, 0.6) is 17.2 Å². The first kappa shape index (κ1) is 58.2. The fourth-order valence-corrected chi connectivity index (χ4v) is 10.4. The standard InChI is InChI=1S/C55H78N6O14/c1-13-14-25-71-53(69)57-22-21-56-27-38(63)74-48-30(4)16-15-17-31(5)52(68)58-44-43-42(59-55(60-43)19-23-61(24-20-55)28-29(2)3)39-40(47(44)66)46(65)35(9)50-41(39)51(67)54(11,75-50)72-26-18-37(70-12)32(6)49(73-36(10)62)34(8)45(64)33(48)7/h15-18,26,29-30,32-34,37,45,48-49,56,59,64-66H,13-14,19-25,27-28H2,1-12H3,(H,57,69)/b16-15?,26-18?,31-17-,58-44?. The maximum absolute atomic E-state index is 14.9. The second-order valence-corrected chi connectivity index (χ2v) is 21.0. The van der Waals surface area contributed by atoms with Gasteiger partial charge in [-0.25, -0.2) is 9.79 Å². The third-order valence-electron chi connectivity index (χ3n) is 14.7. The fourth-order valence-electron chi connectivity index (χ4n) is 10.4. The van der Waals surface area contributed by atoms with Crippen molar-refractivity contribution in [1.29, 1.82) is 0 Å². The number of Topliss-reactive ketones (excluding diaryl/α,β-unsaturated/α-hetero) is 1. The number of aliphatic hydroxyl groups excluding tert-OH is 1. The summed E-state index contributed by atoms with van der Waals surface area (Å²) >= 11 is 0. The molecule has 5 heterocycles. The van der Waals surface area contributed by atoms with E-state index >= 15 is 0 Å². The molecule has 9 unspecified atom stereocenters. The van der Waals surface area contributed by atoms with Crippen LogP contribution in [0.25, 0.3) is 10.8 Å². The first-order valence-corrected chi connectivity index (χ1v) is 26.2. The Morgan fingerprint density at radius 2 is 1.65 bits per heavy atom. The van der Waals surface area contributed by atoms with Gasteiger partial charge in [0, 0.05) is 107 Å². The molecule has 1 fully saturated rings. The second-order valence-electron chi connectivity index (χ2n) is 21.0. The number of nitrogens with one attached hydrogen (secondary N) is 3. The Hall–Kier alpha value is -6.09. The molecular weight excluding hydrogens is 969 g/mol. The van der Waals surface area contributed by atoms with E-state index in [0.29, 0.717) is 44.1 Å². The van der Waals surface area contributed by atoms with Crippen LogP contribution >= 0.6 is 0 Å². The highest BCUT2D eigenvalue weighted by Crippen LogP contribution is 2.51. The summed E-state index contributed by atoms with van der Waals surface area (Å²) in [5, 5.41) is 45.5. The molecule has 0 radical (unpaired) electrons. The Morgan fingerprint density at radius 3 is 2.31 bits per heavy atom. The van der Waals surface area contributed by atoms with Crippen LogP contribution in [0.1, 0.15) is 111 Å². The number of hydrogen-bond acceptors (Lipinski definition) is 18. The van der Waals surface area contributed by atoms with Gasteiger partial charge in [-0.2, -0.15) is 0 Å². The highest BCUT2D eigenvalue weighted by atomic mass is 16.7. The minimum atomic E-state index is -2.00. The number of phenolic OH excluding ortho intramolecular Hbond substituents is 2. The van der Waals surface area contributed by atoms with Crippen molar-refractivity contribution < 1.29 is 67.7 Å². The zero-order chi connectivity index (χ0) is 55.1. The molecule has 2 amide bonds. The van der Waals surface area contributed by atoms with Crippen molar-refractivity contribution in [3.05, 3.63) is 58.0 Å². The van der Waals surface area contributed by atoms with Crippen LogP contribution in [-0.2, 0) is 38.1 Å². The second kappa shape index (κ2) is 24.7. The summed E-state index contributed by atoms with van der Waals surface area (Å²) in [5.41, 5.74) is -0.295. The number of unbranched alkanes of at least 4 members (excludes halogenated alkanes) is 1. The first-order valence-electron chi connectivity index (χ1n) is 26.2. The molecule has 0 aromatic heterocycles. The van der Waals surface area contributed by atoms with Crippen LogP contribution < -0.4 is 31.4 Å². The van der Waals surface area contributed by atoms with Gasteiger partial charge >= 0.3 is 23.8 Å². The lowest BCUT2D eigenvalue weighted by atomic mass is 9.78. The molecule has 7 rings (SSSR count). The molecule has 1 spiro atoms. The lowest BCUT2D eigenvalue weighted by Gasteiger charge is -2.39. The number of aliphatic hydroxyl groups is 1. The number of nitrogens with zero attached hydrogens (tertiary/aromatic N) is 3. The lowest BCUT2D eigenvalue weighted by Crippen LogP contribution is -2.48. The van der Waals surface area contributed by atoms with Crippen molar-refractivity contribution in [2.75, 3.05) is 58.3 Å². The first-order chi connectivity index (χ1) is 35.5. The summed E-state index contributed by atoms with van der Waals surface area (Å²) < 4.78 is 35.5. The van der Waals surface area contributed by atoms with Crippen molar-refractivity contribution >= 4 is 46.2 Å². The van der Waals surface area contributed by atoms with E-state index in [1.165, 1.54) is 39.4 Å². The number of esters is 2. The molecule has 412 valence electrons. The monoisotopic (exact) mass is 1050 g/mol. The summed E-state index contributed by atoms with van der Waals surface area (Å²) in [6, 6.07) is 0. The number of fused-ring (bicyclic) bond motifs is 13. The zero-order valence-corrected chi connectivity index (χ0v) is 45.5. The third-order valence-corrected chi connectivity index (χ3v) is 14.7. The predicted molar refractivity (Wildman–Crippen MR) is 279 cm³/mol. The Morgan fingerprint density at radius 1 is 0.960 bits per heavy atom. The SMILES string of the molecule is CCCCOC(=O)NCCNCC(=O)OC1C(C)C=C/C=C(/C)C(=O)N=c2c(O)c3c(O)c(C)c4c(c3c3c2=NC2(CCN(CC(C)C)CC2)N3)C(=O)C(C)(OC=CC(OC)C(C)C(OC(C)=O)C(C)C(O)C1C)O4. The number of likely N-dealkylation sites (tertiary alicyclic amines) is 1. The number of aromatic hydroxyl groups is 2. The maximum atomic E-state index is 14.9. The van der Waals surface area contributed by atoms with E-state index < -0.39 is 101 Å². The molecule has 0 aliphatic carbocycles. The van der Waals surface area contributed by atoms with Crippen molar-refractivity contribution in [3.63, 3.8) is 0 Å². The number of ketones is 1. The van der Waals surface area contributed by atoms with Gasteiger partial charge in [0.05, 0.1) is 48.3 Å². The summed E-state index contributed by atoms with van der Waals surface area (Å²) in [6.07, 6.45) is 5.77. The molecule has 5 aliphatic rings. The Labute approximate surface area is 439 Å². The van der Waals surface area contributed by atoms with Gasteiger partial charge in [0.15, 0.2) is 5.75 Å². The molecule has 75 heavy (non-hydrogen) atoms. The molecule has 1 saturated heterocycles. The fraction of sp³-hybridized carbons (Fsp3) is 0.618. The number of methoxy groups -OCH3 is 1. The topological polar surface area (TPSA) is 265 Å². The normalized spacial score (nSPS) is 27.7. The number of alkyl carbamates (subject to hydrolysis) is 1. The van der Waals surface area contributed by atoms with Crippen LogP contribution in [0.4, 0.5) is 10.5 Å². The molecule has 5 aliphatic heterocycles. The van der Waals surface area contributed by atoms with E-state index in [9.17, 15) is 39.3 Å². The van der Waals surface area contributed by atoms with Gasteiger partial charge in [-0.15, -0.1) is 0 Å². The number of amides is 2. The van der Waals surface area contributed by atoms with Gasteiger partial charge in [0.2, 0.25) is 0 Å². The minimum absolute atomic E-state index is 0.0280. The molecule has 5 bridgehead atoms. The number of benzene rings is 2. The zero-order valence-electron chi connectivity index (χ0n) is 45.5. The van der Waals surface area contributed by atoms with Gasteiger partial charge < -0.3 is 64.6 Å². The number of allylic oxidation sites excluding steroid dienone is 2. The van der Waals surface area contributed by atoms with Crippen molar-refractivity contribution in [1.82, 2.24) is 15.5 Å². The summed E-state index contributed by atoms with van der Waals surface area (Å²) in [7, 11) is 1.45. The number of rotatable bonds is 13.